The predicted molar refractivity (Wildman–Crippen MR) is 101 cm³/mol. The van der Waals surface area contributed by atoms with Crippen molar-refractivity contribution >= 4 is 18.3 Å². The summed E-state index contributed by atoms with van der Waals surface area (Å²) in [7, 11) is 0. The Labute approximate surface area is 145 Å². The van der Waals surface area contributed by atoms with E-state index in [4.69, 9.17) is 11.0 Å². The van der Waals surface area contributed by atoms with E-state index in [-0.39, 0.29) is 5.69 Å². The monoisotopic (exact) mass is 334 g/mol. The van der Waals surface area contributed by atoms with Gasteiger partial charge in [0.05, 0.1) is 17.3 Å². The Kier molecular flexibility index (Phi) is 13.8. The van der Waals surface area contributed by atoms with Gasteiger partial charge < -0.3 is 5.73 Å². The molecular weight excluding hydrogens is 307 g/mol. The molecule has 23 heavy (non-hydrogen) atoms. The van der Waals surface area contributed by atoms with Crippen LogP contribution in [0.15, 0.2) is 41.3 Å². The Morgan fingerprint density at radius 3 is 1.87 bits per heavy atom. The van der Waals surface area contributed by atoms with E-state index in [0.717, 1.165) is 4.90 Å². The molecule has 0 saturated heterocycles. The zero-order chi connectivity index (χ0) is 18.4. The van der Waals surface area contributed by atoms with Crippen molar-refractivity contribution in [2.75, 3.05) is 5.73 Å². The lowest BCUT2D eigenvalue weighted by molar-refractivity contribution is 0.631. The molecule has 0 aromatic heterocycles. The largest absolute Gasteiger partial charge is 0.396 e. The SMILES string of the molecule is CC.CC.Cc1cc(F)c(N)cc1C#N.Cc1ccc(S)cc1. The summed E-state index contributed by atoms with van der Waals surface area (Å²) in [6, 6.07) is 12.6. The number of hydrogen-bond donors (Lipinski definition) is 2. The molecule has 0 heterocycles. The zero-order valence-corrected chi connectivity index (χ0v) is 15.7. The van der Waals surface area contributed by atoms with E-state index >= 15 is 0 Å². The minimum absolute atomic E-state index is 0.0205. The molecule has 2 aromatic carbocycles. The van der Waals surface area contributed by atoms with Crippen LogP contribution in [-0.2, 0) is 0 Å². The van der Waals surface area contributed by atoms with Gasteiger partial charge in [-0.25, -0.2) is 4.39 Å². The third-order valence-electron chi connectivity index (χ3n) is 2.50. The second kappa shape index (κ2) is 13.7. The van der Waals surface area contributed by atoms with Gasteiger partial charge in [-0.3, -0.25) is 0 Å². The van der Waals surface area contributed by atoms with Crippen LogP contribution < -0.4 is 5.73 Å². The number of hydrogen-bond acceptors (Lipinski definition) is 3. The Morgan fingerprint density at radius 1 is 1.00 bits per heavy atom. The second-order valence-corrected chi connectivity index (χ2v) is 4.65. The first kappa shape index (κ1) is 23.3. The number of nitrogens with zero attached hydrogens (tertiary/aromatic N) is 1. The van der Waals surface area contributed by atoms with E-state index in [1.165, 1.54) is 17.7 Å². The summed E-state index contributed by atoms with van der Waals surface area (Å²) in [6.45, 7) is 11.7. The summed E-state index contributed by atoms with van der Waals surface area (Å²) < 4.78 is 12.7. The van der Waals surface area contributed by atoms with E-state index in [1.54, 1.807) is 6.92 Å². The van der Waals surface area contributed by atoms with E-state index in [9.17, 15) is 4.39 Å². The lowest BCUT2D eigenvalue weighted by Gasteiger charge is -1.99. The number of anilines is 1. The minimum Gasteiger partial charge on any atom is -0.396 e. The van der Waals surface area contributed by atoms with Crippen molar-refractivity contribution in [2.24, 2.45) is 0 Å². The van der Waals surface area contributed by atoms with Crippen molar-refractivity contribution in [2.45, 2.75) is 46.4 Å². The highest BCUT2D eigenvalue weighted by atomic mass is 32.1. The Bertz CT molecular complexity index is 581. The maximum atomic E-state index is 12.7. The summed E-state index contributed by atoms with van der Waals surface area (Å²) in [4.78, 5) is 1.02. The molecule has 2 N–H and O–H groups in total. The third kappa shape index (κ3) is 9.59. The van der Waals surface area contributed by atoms with Crippen molar-refractivity contribution < 1.29 is 4.39 Å². The van der Waals surface area contributed by atoms with Gasteiger partial charge in [0, 0.05) is 4.90 Å². The molecule has 0 radical (unpaired) electrons. The predicted octanol–water partition coefficient (Wildman–Crippen LogP) is 5.92. The standard InChI is InChI=1S/C8H7FN2.C7H8S.2C2H6/c1-5-2-7(9)8(11)3-6(5)4-10;1-6-2-4-7(8)5-3-6;2*1-2/h2-3H,11H2,1H3;2-5,8H,1H3;2*1-2H3. The third-order valence-corrected chi connectivity index (χ3v) is 2.80. The van der Waals surface area contributed by atoms with Gasteiger partial charge in [0.1, 0.15) is 5.82 Å². The number of nitrogen functional groups attached to an aromatic ring is 1. The van der Waals surface area contributed by atoms with E-state index in [1.807, 2.05) is 58.0 Å². The van der Waals surface area contributed by atoms with Crippen LogP contribution in [0.5, 0.6) is 0 Å². The van der Waals surface area contributed by atoms with Gasteiger partial charge in [0.25, 0.3) is 0 Å². The lowest BCUT2D eigenvalue weighted by atomic mass is 10.1. The molecule has 2 aromatic rings. The van der Waals surface area contributed by atoms with Crippen molar-refractivity contribution in [1.82, 2.24) is 0 Å². The molecule has 0 atom stereocenters. The zero-order valence-electron chi connectivity index (χ0n) is 14.8. The maximum Gasteiger partial charge on any atom is 0.146 e. The van der Waals surface area contributed by atoms with Crippen molar-refractivity contribution in [3.63, 3.8) is 0 Å². The van der Waals surface area contributed by atoms with E-state index in [2.05, 4.69) is 19.6 Å². The summed E-state index contributed by atoms with van der Waals surface area (Å²) in [6.07, 6.45) is 0. The summed E-state index contributed by atoms with van der Waals surface area (Å²) in [5, 5.41) is 8.51. The van der Waals surface area contributed by atoms with Crippen molar-refractivity contribution in [3.8, 4) is 6.07 Å². The average Bonchev–Trinajstić information content (AvgIpc) is 2.58. The number of thiol groups is 1. The van der Waals surface area contributed by atoms with Gasteiger partial charge in [-0.05, 0) is 43.7 Å². The molecule has 0 aliphatic heterocycles. The molecule has 4 heteroatoms. The Hall–Kier alpha value is -1.99. The molecule has 0 spiro atoms. The van der Waals surface area contributed by atoms with E-state index < -0.39 is 5.82 Å². The van der Waals surface area contributed by atoms with E-state index in [0.29, 0.717) is 11.1 Å². The van der Waals surface area contributed by atoms with Crippen molar-refractivity contribution in [1.29, 1.82) is 5.26 Å². The quantitative estimate of drug-likeness (QED) is 0.464. The van der Waals surface area contributed by atoms with Crippen LogP contribution in [0.4, 0.5) is 10.1 Å². The Morgan fingerprint density at radius 2 is 1.48 bits per heavy atom. The van der Waals surface area contributed by atoms with Crippen LogP contribution in [0.25, 0.3) is 0 Å². The fraction of sp³-hybridized carbons (Fsp3) is 0.316. The van der Waals surface area contributed by atoms with Crippen LogP contribution in [0.3, 0.4) is 0 Å². The lowest BCUT2D eigenvalue weighted by Crippen LogP contribution is -1.93. The fourth-order valence-electron chi connectivity index (χ4n) is 1.35. The molecule has 0 aliphatic carbocycles. The molecule has 126 valence electrons. The highest BCUT2D eigenvalue weighted by Crippen LogP contribution is 2.15. The molecule has 0 aliphatic rings. The maximum absolute atomic E-state index is 12.7. The molecule has 2 rings (SSSR count). The number of rotatable bonds is 0. The fourth-order valence-corrected chi connectivity index (χ4v) is 1.50. The van der Waals surface area contributed by atoms with Gasteiger partial charge in [0.2, 0.25) is 0 Å². The molecule has 0 amide bonds. The number of nitriles is 1. The second-order valence-electron chi connectivity index (χ2n) is 4.14. The van der Waals surface area contributed by atoms with Gasteiger partial charge in [-0.1, -0.05) is 45.4 Å². The smallest absolute Gasteiger partial charge is 0.146 e. The average molecular weight is 335 g/mol. The number of benzene rings is 2. The first-order valence-corrected chi connectivity index (χ1v) is 8.10. The molecular formula is C19H27FN2S. The molecule has 0 bridgehead atoms. The molecule has 0 saturated carbocycles. The van der Waals surface area contributed by atoms with Gasteiger partial charge >= 0.3 is 0 Å². The first-order valence-electron chi connectivity index (χ1n) is 7.65. The number of nitrogens with two attached hydrogens (primary N) is 1. The molecule has 2 nitrogen and oxygen atoms in total. The van der Waals surface area contributed by atoms with Gasteiger partial charge in [-0.15, -0.1) is 12.6 Å². The highest BCUT2D eigenvalue weighted by molar-refractivity contribution is 7.80. The summed E-state index contributed by atoms with van der Waals surface area (Å²) in [5.74, 6) is -0.471. The van der Waals surface area contributed by atoms with Crippen LogP contribution in [0.2, 0.25) is 0 Å². The van der Waals surface area contributed by atoms with Crippen LogP contribution >= 0.6 is 12.6 Å². The Balaban J connectivity index is 0. The first-order chi connectivity index (χ1) is 10.9. The number of aryl methyl sites for hydroxylation is 2. The van der Waals surface area contributed by atoms with Crippen molar-refractivity contribution in [3.05, 3.63) is 58.9 Å². The van der Waals surface area contributed by atoms with Gasteiger partial charge in [0.15, 0.2) is 0 Å². The van der Waals surface area contributed by atoms with Crippen LogP contribution in [0, 0.1) is 31.0 Å². The summed E-state index contributed by atoms with van der Waals surface area (Å²) >= 11 is 4.13. The molecule has 0 unspecified atom stereocenters. The molecule has 0 fully saturated rings. The van der Waals surface area contributed by atoms with Crippen LogP contribution in [0.1, 0.15) is 44.4 Å². The number of halogens is 1. The van der Waals surface area contributed by atoms with Crippen LogP contribution in [-0.4, -0.2) is 0 Å². The minimum atomic E-state index is -0.471. The topological polar surface area (TPSA) is 49.8 Å². The highest BCUT2D eigenvalue weighted by Gasteiger charge is 2.02. The summed E-state index contributed by atoms with van der Waals surface area (Å²) in [5.41, 5.74) is 7.57. The van der Waals surface area contributed by atoms with Gasteiger partial charge in [-0.2, -0.15) is 5.26 Å². The normalized spacial score (nSPS) is 8.13.